The zero-order chi connectivity index (χ0) is 12.5. The Morgan fingerprint density at radius 2 is 2.28 bits per heavy atom. The maximum atomic E-state index is 5.35. The van der Waals surface area contributed by atoms with Crippen molar-refractivity contribution in [2.75, 3.05) is 20.2 Å². The maximum absolute atomic E-state index is 5.35. The molecule has 1 fully saturated rings. The molecule has 18 heavy (non-hydrogen) atoms. The summed E-state index contributed by atoms with van der Waals surface area (Å²) in [7, 11) is 1.66. The van der Waals surface area contributed by atoms with Gasteiger partial charge in [-0.05, 0) is 18.2 Å². The molecule has 2 heterocycles. The summed E-state index contributed by atoms with van der Waals surface area (Å²) >= 11 is 3.46. The first-order valence-corrected chi connectivity index (χ1v) is 6.53. The van der Waals surface area contributed by atoms with Crippen LogP contribution in [0.2, 0.25) is 0 Å². The monoisotopic (exact) mass is 308 g/mol. The Morgan fingerprint density at radius 3 is 2.94 bits per heavy atom. The molecule has 1 aliphatic rings. The van der Waals surface area contributed by atoms with Crippen molar-refractivity contribution in [1.29, 1.82) is 0 Å². The molecule has 0 spiro atoms. The summed E-state index contributed by atoms with van der Waals surface area (Å²) in [5.41, 5.74) is 1.78. The predicted octanol–water partition coefficient (Wildman–Crippen LogP) is 1.86. The van der Waals surface area contributed by atoms with E-state index in [2.05, 4.69) is 31.6 Å². The lowest BCUT2D eigenvalue weighted by molar-refractivity contribution is 0.313. The van der Waals surface area contributed by atoms with Crippen LogP contribution in [0.4, 0.5) is 0 Å². The van der Waals surface area contributed by atoms with E-state index in [4.69, 9.17) is 4.74 Å². The van der Waals surface area contributed by atoms with Gasteiger partial charge in [-0.2, -0.15) is 0 Å². The fourth-order valence-electron chi connectivity index (χ4n) is 1.92. The molecule has 0 saturated carbocycles. The number of ether oxygens (including phenoxy) is 1. The Labute approximate surface area is 113 Å². The SMILES string of the molecule is COc1ccc(Br)cc1-c1cn(C2CNC2)nn1. The van der Waals surface area contributed by atoms with Gasteiger partial charge in [0.05, 0.1) is 19.3 Å². The van der Waals surface area contributed by atoms with Gasteiger partial charge in [-0.3, -0.25) is 0 Å². The van der Waals surface area contributed by atoms with Gasteiger partial charge in [-0.15, -0.1) is 5.10 Å². The minimum atomic E-state index is 0.421. The fraction of sp³-hybridized carbons (Fsp3) is 0.333. The van der Waals surface area contributed by atoms with Crippen LogP contribution in [-0.4, -0.2) is 35.2 Å². The van der Waals surface area contributed by atoms with Crippen molar-refractivity contribution >= 4 is 15.9 Å². The van der Waals surface area contributed by atoms with E-state index in [0.717, 1.165) is 34.6 Å². The first-order chi connectivity index (χ1) is 8.78. The lowest BCUT2D eigenvalue weighted by atomic mass is 10.1. The summed E-state index contributed by atoms with van der Waals surface area (Å²) in [5, 5.41) is 11.6. The molecule has 1 aliphatic heterocycles. The maximum Gasteiger partial charge on any atom is 0.128 e. The summed E-state index contributed by atoms with van der Waals surface area (Å²) in [6, 6.07) is 6.28. The second-order valence-electron chi connectivity index (χ2n) is 4.24. The van der Waals surface area contributed by atoms with Crippen LogP contribution in [-0.2, 0) is 0 Å². The normalized spacial score (nSPS) is 15.4. The number of hydrogen-bond donors (Lipinski definition) is 1. The first-order valence-electron chi connectivity index (χ1n) is 5.74. The fourth-order valence-corrected chi connectivity index (χ4v) is 2.28. The number of methoxy groups -OCH3 is 1. The van der Waals surface area contributed by atoms with E-state index >= 15 is 0 Å². The third-order valence-corrected chi connectivity index (χ3v) is 3.58. The van der Waals surface area contributed by atoms with E-state index in [1.54, 1.807) is 7.11 Å². The van der Waals surface area contributed by atoms with Crippen LogP contribution in [0.15, 0.2) is 28.9 Å². The van der Waals surface area contributed by atoms with E-state index in [1.165, 1.54) is 0 Å². The van der Waals surface area contributed by atoms with Gasteiger partial charge in [0.15, 0.2) is 0 Å². The molecule has 6 heteroatoms. The lowest BCUT2D eigenvalue weighted by Gasteiger charge is -2.26. The molecule has 94 valence electrons. The van der Waals surface area contributed by atoms with E-state index in [1.807, 2.05) is 29.1 Å². The number of rotatable bonds is 3. The van der Waals surface area contributed by atoms with Crippen molar-refractivity contribution in [2.24, 2.45) is 0 Å². The Kier molecular flexibility index (Phi) is 3.05. The van der Waals surface area contributed by atoms with Gasteiger partial charge in [-0.25, -0.2) is 4.68 Å². The van der Waals surface area contributed by atoms with Gasteiger partial charge in [0.1, 0.15) is 11.4 Å². The molecular formula is C12H13BrN4O. The summed E-state index contributed by atoms with van der Waals surface area (Å²) in [6.45, 7) is 1.91. The molecular weight excluding hydrogens is 296 g/mol. The Hall–Kier alpha value is -1.40. The van der Waals surface area contributed by atoms with E-state index in [-0.39, 0.29) is 0 Å². The molecule has 0 atom stereocenters. The largest absolute Gasteiger partial charge is 0.496 e. The van der Waals surface area contributed by atoms with Crippen molar-refractivity contribution in [3.05, 3.63) is 28.9 Å². The van der Waals surface area contributed by atoms with Crippen molar-refractivity contribution in [3.8, 4) is 17.0 Å². The summed E-state index contributed by atoms with van der Waals surface area (Å²) in [6.07, 6.45) is 1.97. The van der Waals surface area contributed by atoms with Gasteiger partial charge < -0.3 is 10.1 Å². The number of benzene rings is 1. The number of nitrogens with one attached hydrogen (secondary N) is 1. The average molecular weight is 309 g/mol. The number of halogens is 1. The van der Waals surface area contributed by atoms with Crippen molar-refractivity contribution in [1.82, 2.24) is 20.3 Å². The minimum absolute atomic E-state index is 0.421. The quantitative estimate of drug-likeness (QED) is 0.940. The van der Waals surface area contributed by atoms with Crippen molar-refractivity contribution < 1.29 is 4.74 Å². The van der Waals surface area contributed by atoms with Crippen LogP contribution in [0, 0.1) is 0 Å². The number of nitrogens with zero attached hydrogens (tertiary/aromatic N) is 3. The van der Waals surface area contributed by atoms with E-state index < -0.39 is 0 Å². The Bertz CT molecular complexity index is 565. The van der Waals surface area contributed by atoms with Crippen LogP contribution in [0.1, 0.15) is 6.04 Å². The molecule has 0 aliphatic carbocycles. The highest BCUT2D eigenvalue weighted by atomic mass is 79.9. The van der Waals surface area contributed by atoms with Gasteiger partial charge in [-0.1, -0.05) is 21.1 Å². The highest BCUT2D eigenvalue weighted by molar-refractivity contribution is 9.10. The second kappa shape index (κ2) is 4.70. The van der Waals surface area contributed by atoms with Gasteiger partial charge in [0.2, 0.25) is 0 Å². The molecule has 0 unspecified atom stereocenters. The molecule has 0 bridgehead atoms. The van der Waals surface area contributed by atoms with Gasteiger partial charge >= 0.3 is 0 Å². The smallest absolute Gasteiger partial charge is 0.128 e. The predicted molar refractivity (Wildman–Crippen MR) is 71.6 cm³/mol. The minimum Gasteiger partial charge on any atom is -0.496 e. The first kappa shape index (κ1) is 11.7. The molecule has 3 rings (SSSR count). The second-order valence-corrected chi connectivity index (χ2v) is 5.16. The van der Waals surface area contributed by atoms with Crippen LogP contribution < -0.4 is 10.1 Å². The van der Waals surface area contributed by atoms with Crippen LogP contribution >= 0.6 is 15.9 Å². The Morgan fingerprint density at radius 1 is 1.44 bits per heavy atom. The lowest BCUT2D eigenvalue weighted by Crippen LogP contribution is -2.43. The standard InChI is InChI=1S/C12H13BrN4O/c1-18-12-3-2-8(13)4-10(12)11-7-17(16-15-11)9-5-14-6-9/h2-4,7,9,14H,5-6H2,1H3. The van der Waals surface area contributed by atoms with Crippen LogP contribution in [0.25, 0.3) is 11.3 Å². The third kappa shape index (κ3) is 2.02. The molecule has 1 N–H and O–H groups in total. The number of aromatic nitrogens is 3. The highest BCUT2D eigenvalue weighted by Crippen LogP contribution is 2.31. The number of hydrogen-bond acceptors (Lipinski definition) is 4. The summed E-state index contributed by atoms with van der Waals surface area (Å²) in [4.78, 5) is 0. The zero-order valence-corrected chi connectivity index (χ0v) is 11.5. The van der Waals surface area contributed by atoms with Crippen LogP contribution in [0.3, 0.4) is 0 Å². The summed E-state index contributed by atoms with van der Waals surface area (Å²) < 4.78 is 8.26. The Balaban J connectivity index is 1.98. The molecule has 1 aromatic carbocycles. The molecule has 0 radical (unpaired) electrons. The van der Waals surface area contributed by atoms with E-state index in [0.29, 0.717) is 6.04 Å². The zero-order valence-electron chi connectivity index (χ0n) is 9.93. The molecule has 1 saturated heterocycles. The molecule has 0 amide bonds. The molecule has 5 nitrogen and oxygen atoms in total. The van der Waals surface area contributed by atoms with Crippen molar-refractivity contribution in [2.45, 2.75) is 6.04 Å². The molecule has 1 aromatic heterocycles. The van der Waals surface area contributed by atoms with Gasteiger partial charge in [0, 0.05) is 23.1 Å². The highest BCUT2D eigenvalue weighted by Gasteiger charge is 2.21. The molecule has 2 aromatic rings. The summed E-state index contributed by atoms with van der Waals surface area (Å²) in [5.74, 6) is 0.803. The van der Waals surface area contributed by atoms with Crippen LogP contribution in [0.5, 0.6) is 5.75 Å². The van der Waals surface area contributed by atoms with Crippen molar-refractivity contribution in [3.63, 3.8) is 0 Å². The average Bonchev–Trinajstić information content (AvgIpc) is 2.76. The topological polar surface area (TPSA) is 52.0 Å². The third-order valence-electron chi connectivity index (χ3n) is 3.08. The van der Waals surface area contributed by atoms with Gasteiger partial charge in [0.25, 0.3) is 0 Å². The van der Waals surface area contributed by atoms with E-state index in [9.17, 15) is 0 Å².